The third kappa shape index (κ3) is 3.08. The van der Waals surface area contributed by atoms with Gasteiger partial charge in [-0.25, -0.2) is 4.79 Å². The number of piperidine rings is 1. The Labute approximate surface area is 101 Å². The maximum Gasteiger partial charge on any atom is 0.525 e. The first-order valence-corrected chi connectivity index (χ1v) is 6.01. The molecule has 2 aliphatic heterocycles. The number of carbonyl (C=O) groups is 1. The molecule has 0 aromatic rings. The largest absolute Gasteiger partial charge is 0.525 e. The van der Waals surface area contributed by atoms with Crippen molar-refractivity contribution in [1.82, 2.24) is 9.96 Å². The molecule has 0 bridgehead atoms. The Morgan fingerprint density at radius 1 is 1.35 bits per heavy atom. The van der Waals surface area contributed by atoms with Crippen LogP contribution in [0.25, 0.3) is 0 Å². The van der Waals surface area contributed by atoms with Crippen LogP contribution in [-0.2, 0) is 9.57 Å². The summed E-state index contributed by atoms with van der Waals surface area (Å²) in [6, 6.07) is 0. The van der Waals surface area contributed by atoms with Gasteiger partial charge in [0.1, 0.15) is 0 Å². The molecule has 98 valence electrons. The van der Waals surface area contributed by atoms with Gasteiger partial charge in [0.2, 0.25) is 0 Å². The van der Waals surface area contributed by atoms with Gasteiger partial charge in [0, 0.05) is 32.2 Å². The highest BCUT2D eigenvalue weighted by Crippen LogP contribution is 2.40. The van der Waals surface area contributed by atoms with Gasteiger partial charge >= 0.3 is 6.16 Å². The van der Waals surface area contributed by atoms with E-state index in [0.717, 1.165) is 52.2 Å². The monoisotopic (exact) mass is 244 g/mol. The maximum atomic E-state index is 10.4. The summed E-state index contributed by atoms with van der Waals surface area (Å²) in [4.78, 5) is 17.4. The molecule has 2 rings (SSSR count). The molecule has 2 fully saturated rings. The van der Waals surface area contributed by atoms with Crippen molar-refractivity contribution >= 4 is 6.16 Å². The van der Waals surface area contributed by atoms with E-state index < -0.39 is 6.16 Å². The average Bonchev–Trinajstić information content (AvgIpc) is 2.25. The molecule has 2 aliphatic rings. The lowest BCUT2D eigenvalue weighted by atomic mass is 9.73. The number of rotatable bonds is 4. The number of hydrogen-bond donors (Lipinski definition) is 1. The van der Waals surface area contributed by atoms with Gasteiger partial charge in [0.25, 0.3) is 0 Å². The van der Waals surface area contributed by atoms with Crippen LogP contribution in [-0.4, -0.2) is 67.7 Å². The highest BCUT2D eigenvalue weighted by Gasteiger charge is 2.46. The van der Waals surface area contributed by atoms with Gasteiger partial charge in [-0.15, -0.1) is 5.06 Å². The van der Waals surface area contributed by atoms with Crippen LogP contribution in [0.4, 0.5) is 4.79 Å². The highest BCUT2D eigenvalue weighted by atomic mass is 16.8. The molecule has 2 heterocycles. The van der Waals surface area contributed by atoms with E-state index in [9.17, 15) is 4.79 Å². The predicted octanol–water partition coefficient (Wildman–Crippen LogP) is 0.640. The summed E-state index contributed by atoms with van der Waals surface area (Å²) in [5.74, 6) is 0. The normalized spacial score (nSPS) is 24.5. The van der Waals surface area contributed by atoms with Gasteiger partial charge < -0.3 is 19.6 Å². The predicted molar refractivity (Wildman–Crippen MR) is 60.7 cm³/mol. The fraction of sp³-hybridized carbons (Fsp3) is 0.909. The number of hydroxylamine groups is 2. The molecule has 0 atom stereocenters. The summed E-state index contributed by atoms with van der Waals surface area (Å²) in [7, 11) is 1.72. The van der Waals surface area contributed by atoms with Crippen molar-refractivity contribution < 1.29 is 19.5 Å². The van der Waals surface area contributed by atoms with Crippen LogP contribution in [0, 0.1) is 5.41 Å². The van der Waals surface area contributed by atoms with Crippen molar-refractivity contribution in [2.45, 2.75) is 12.8 Å². The van der Waals surface area contributed by atoms with Crippen molar-refractivity contribution in [2.24, 2.45) is 5.41 Å². The summed E-state index contributed by atoms with van der Waals surface area (Å²) >= 11 is 0. The standard InChI is InChI=1S/C11H20N2O4/c1-16-7-6-12-4-2-11(3-5-12)8-13(9-11)17-10(14)15/h2-9H2,1H3,(H,14,15). The summed E-state index contributed by atoms with van der Waals surface area (Å²) in [5, 5.41) is 10.0. The molecule has 2 saturated heterocycles. The van der Waals surface area contributed by atoms with Crippen LogP contribution < -0.4 is 0 Å². The summed E-state index contributed by atoms with van der Waals surface area (Å²) in [6.07, 6.45) is 1.03. The number of likely N-dealkylation sites (tertiary alicyclic amines) is 1. The van der Waals surface area contributed by atoms with E-state index in [1.165, 1.54) is 5.06 Å². The number of ether oxygens (including phenoxy) is 1. The summed E-state index contributed by atoms with van der Waals surface area (Å²) in [6.45, 7) is 5.41. The van der Waals surface area contributed by atoms with Crippen LogP contribution in [0.5, 0.6) is 0 Å². The van der Waals surface area contributed by atoms with E-state index in [2.05, 4.69) is 9.74 Å². The number of nitrogens with zero attached hydrogens (tertiary/aromatic N) is 2. The van der Waals surface area contributed by atoms with E-state index in [0.29, 0.717) is 5.41 Å². The molecule has 0 unspecified atom stereocenters. The quantitative estimate of drug-likeness (QED) is 0.783. The van der Waals surface area contributed by atoms with Crippen molar-refractivity contribution in [2.75, 3.05) is 46.4 Å². The Morgan fingerprint density at radius 2 is 2.00 bits per heavy atom. The third-order valence-corrected chi connectivity index (χ3v) is 3.76. The Balaban J connectivity index is 1.68. The zero-order chi connectivity index (χ0) is 12.3. The first kappa shape index (κ1) is 12.6. The molecular formula is C11H20N2O4. The van der Waals surface area contributed by atoms with Gasteiger partial charge in [0.05, 0.1) is 6.61 Å². The number of methoxy groups -OCH3 is 1. The topological polar surface area (TPSA) is 62.2 Å². The fourth-order valence-corrected chi connectivity index (χ4v) is 2.66. The van der Waals surface area contributed by atoms with Crippen molar-refractivity contribution in [3.63, 3.8) is 0 Å². The molecule has 1 N–H and O–H groups in total. The second kappa shape index (κ2) is 5.20. The molecule has 17 heavy (non-hydrogen) atoms. The van der Waals surface area contributed by atoms with E-state index in [-0.39, 0.29) is 0 Å². The minimum Gasteiger partial charge on any atom is -0.448 e. The number of carboxylic acid groups (broad SMARTS) is 1. The molecular weight excluding hydrogens is 224 g/mol. The second-order valence-corrected chi connectivity index (χ2v) is 4.99. The first-order valence-electron chi connectivity index (χ1n) is 6.01. The van der Waals surface area contributed by atoms with E-state index in [4.69, 9.17) is 9.84 Å². The Hall–Kier alpha value is -0.850. The summed E-state index contributed by atoms with van der Waals surface area (Å²) < 4.78 is 5.06. The smallest absolute Gasteiger partial charge is 0.448 e. The molecule has 0 saturated carbocycles. The average molecular weight is 244 g/mol. The van der Waals surface area contributed by atoms with Crippen LogP contribution >= 0.6 is 0 Å². The van der Waals surface area contributed by atoms with E-state index in [1.54, 1.807) is 7.11 Å². The SMILES string of the molecule is COCCN1CCC2(CC1)CN(OC(=O)O)C2. The third-order valence-electron chi connectivity index (χ3n) is 3.76. The van der Waals surface area contributed by atoms with Gasteiger partial charge in [-0.1, -0.05) is 0 Å². The Bertz CT molecular complexity index is 269. The fourth-order valence-electron chi connectivity index (χ4n) is 2.66. The van der Waals surface area contributed by atoms with Crippen LogP contribution in [0.1, 0.15) is 12.8 Å². The Morgan fingerprint density at radius 3 is 2.53 bits per heavy atom. The molecule has 0 aliphatic carbocycles. The first-order chi connectivity index (χ1) is 8.13. The lowest BCUT2D eigenvalue weighted by Gasteiger charge is -2.51. The van der Waals surface area contributed by atoms with Crippen LogP contribution in [0.15, 0.2) is 0 Å². The van der Waals surface area contributed by atoms with E-state index in [1.807, 2.05) is 0 Å². The maximum absolute atomic E-state index is 10.4. The molecule has 0 aromatic carbocycles. The van der Waals surface area contributed by atoms with E-state index >= 15 is 0 Å². The van der Waals surface area contributed by atoms with Gasteiger partial charge in [-0.2, -0.15) is 0 Å². The van der Waals surface area contributed by atoms with Crippen molar-refractivity contribution in [3.8, 4) is 0 Å². The van der Waals surface area contributed by atoms with Crippen LogP contribution in [0.2, 0.25) is 0 Å². The zero-order valence-electron chi connectivity index (χ0n) is 10.2. The lowest BCUT2D eigenvalue weighted by Crippen LogP contribution is -2.60. The molecule has 0 aromatic heterocycles. The molecule has 0 amide bonds. The zero-order valence-corrected chi connectivity index (χ0v) is 10.2. The van der Waals surface area contributed by atoms with Gasteiger partial charge in [0.15, 0.2) is 0 Å². The second-order valence-electron chi connectivity index (χ2n) is 4.99. The number of hydrogen-bond acceptors (Lipinski definition) is 5. The molecule has 6 nitrogen and oxygen atoms in total. The highest BCUT2D eigenvalue weighted by molar-refractivity contribution is 5.56. The van der Waals surface area contributed by atoms with Gasteiger partial charge in [-0.3, -0.25) is 0 Å². The van der Waals surface area contributed by atoms with Crippen molar-refractivity contribution in [1.29, 1.82) is 0 Å². The Kier molecular flexibility index (Phi) is 3.86. The molecule has 6 heteroatoms. The van der Waals surface area contributed by atoms with Crippen molar-refractivity contribution in [3.05, 3.63) is 0 Å². The molecule has 1 spiro atoms. The van der Waals surface area contributed by atoms with Gasteiger partial charge in [-0.05, 0) is 25.9 Å². The summed E-state index contributed by atoms with van der Waals surface area (Å²) in [5.41, 5.74) is 0.291. The molecule has 0 radical (unpaired) electrons. The van der Waals surface area contributed by atoms with Crippen LogP contribution in [0.3, 0.4) is 0 Å². The lowest BCUT2D eigenvalue weighted by molar-refractivity contribution is -0.227. The minimum atomic E-state index is -1.21. The minimum absolute atomic E-state index is 0.291.